The third-order valence-corrected chi connectivity index (χ3v) is 5.26. The van der Waals surface area contributed by atoms with E-state index < -0.39 is 12.2 Å². The number of rotatable bonds is 3. The summed E-state index contributed by atoms with van der Waals surface area (Å²) in [6.07, 6.45) is -0.666. The van der Waals surface area contributed by atoms with Crippen molar-refractivity contribution < 1.29 is 19.1 Å². The highest BCUT2D eigenvalue weighted by Crippen LogP contribution is 2.37. The number of ether oxygens (including phenoxy) is 2. The van der Waals surface area contributed by atoms with Gasteiger partial charge in [0.25, 0.3) is 0 Å². The molecule has 0 N–H and O–H groups in total. The number of amides is 1. The minimum Gasteiger partial charge on any atom is -0.446 e. The Morgan fingerprint density at radius 2 is 1.78 bits per heavy atom. The fraction of sp³-hybridized carbons (Fsp3) is 0.167. The van der Waals surface area contributed by atoms with E-state index in [-0.39, 0.29) is 11.8 Å². The van der Waals surface area contributed by atoms with Crippen LogP contribution in [-0.4, -0.2) is 22.8 Å². The van der Waals surface area contributed by atoms with Crippen LogP contribution in [0.3, 0.4) is 0 Å². The van der Waals surface area contributed by atoms with Gasteiger partial charge < -0.3 is 9.47 Å². The minimum atomic E-state index is -0.666. The minimum absolute atomic E-state index is 0.246. The van der Waals surface area contributed by atoms with Crippen LogP contribution < -0.4 is 4.74 Å². The molecule has 9 heteroatoms. The lowest BCUT2D eigenvalue weighted by Crippen LogP contribution is -2.25. The van der Waals surface area contributed by atoms with Crippen molar-refractivity contribution in [1.82, 2.24) is 5.01 Å². The van der Waals surface area contributed by atoms with Crippen molar-refractivity contribution >= 4 is 65.6 Å². The molecule has 0 spiro atoms. The standard InChI is InChI=1S/C18H13Br3N2O4/c1-9(24)23-18(11-4-3-5-13(19)6-11)27-17(22-23)12-7-14(20)16(15(21)8-12)26-10(2)25/h3-8,18H,1-2H3. The molecule has 1 heterocycles. The van der Waals surface area contributed by atoms with Gasteiger partial charge in [0.05, 0.1) is 8.95 Å². The Kier molecular flexibility index (Phi) is 6.02. The molecule has 27 heavy (non-hydrogen) atoms. The molecular weight excluding hydrogens is 548 g/mol. The molecule has 0 aliphatic carbocycles. The predicted octanol–water partition coefficient (Wildman–Crippen LogP) is 5.14. The number of carbonyl (C=O) groups is 2. The van der Waals surface area contributed by atoms with Gasteiger partial charge in [-0.25, -0.2) is 0 Å². The first kappa shape index (κ1) is 20.0. The average Bonchev–Trinajstić information content (AvgIpc) is 3.03. The normalized spacial score (nSPS) is 16.0. The molecule has 2 aromatic carbocycles. The van der Waals surface area contributed by atoms with E-state index >= 15 is 0 Å². The van der Waals surface area contributed by atoms with Crippen LogP contribution in [0.2, 0.25) is 0 Å². The monoisotopic (exact) mass is 558 g/mol. The van der Waals surface area contributed by atoms with Gasteiger partial charge in [-0.3, -0.25) is 9.59 Å². The molecule has 0 saturated carbocycles. The van der Waals surface area contributed by atoms with E-state index in [0.29, 0.717) is 20.3 Å². The third-order valence-electron chi connectivity index (χ3n) is 3.59. The number of nitrogens with zero attached hydrogens (tertiary/aromatic N) is 2. The van der Waals surface area contributed by atoms with Gasteiger partial charge in [0.1, 0.15) is 0 Å². The average molecular weight is 561 g/mol. The predicted molar refractivity (Wildman–Crippen MR) is 110 cm³/mol. The number of carbonyl (C=O) groups excluding carboxylic acids is 2. The van der Waals surface area contributed by atoms with E-state index in [2.05, 4.69) is 52.9 Å². The molecule has 0 fully saturated rings. The first-order valence-corrected chi connectivity index (χ1v) is 10.1. The SMILES string of the molecule is CC(=O)Oc1c(Br)cc(C2=NN(C(C)=O)C(c3cccc(Br)c3)O2)cc1Br. The maximum absolute atomic E-state index is 12.1. The number of benzene rings is 2. The summed E-state index contributed by atoms with van der Waals surface area (Å²) in [5, 5.41) is 5.62. The maximum atomic E-state index is 12.1. The zero-order valence-corrected chi connectivity index (χ0v) is 19.0. The van der Waals surface area contributed by atoms with Crippen LogP contribution in [0.4, 0.5) is 0 Å². The highest BCUT2D eigenvalue weighted by Gasteiger charge is 2.33. The quantitative estimate of drug-likeness (QED) is 0.385. The van der Waals surface area contributed by atoms with Crippen molar-refractivity contribution in [2.24, 2.45) is 5.10 Å². The van der Waals surface area contributed by atoms with Gasteiger partial charge in [-0.15, -0.1) is 5.10 Å². The van der Waals surface area contributed by atoms with Crippen LogP contribution in [0, 0.1) is 0 Å². The molecule has 3 rings (SSSR count). The Morgan fingerprint density at radius 3 is 2.33 bits per heavy atom. The number of hydrogen-bond donors (Lipinski definition) is 0. The number of halogens is 3. The number of hydrazone groups is 1. The van der Waals surface area contributed by atoms with Crippen LogP contribution in [-0.2, 0) is 14.3 Å². The van der Waals surface area contributed by atoms with Gasteiger partial charge in [-0.2, -0.15) is 5.01 Å². The van der Waals surface area contributed by atoms with E-state index in [1.807, 2.05) is 24.3 Å². The Labute approximate surface area is 180 Å². The summed E-state index contributed by atoms with van der Waals surface area (Å²) in [5.74, 6) is -0.0384. The number of hydrogen-bond acceptors (Lipinski definition) is 5. The molecule has 140 valence electrons. The van der Waals surface area contributed by atoms with Crippen LogP contribution in [0.15, 0.2) is 54.9 Å². The van der Waals surface area contributed by atoms with Crippen LogP contribution in [0.25, 0.3) is 0 Å². The molecular formula is C18H13Br3N2O4. The number of esters is 1. The molecule has 1 unspecified atom stereocenters. The molecule has 0 radical (unpaired) electrons. The van der Waals surface area contributed by atoms with Crippen LogP contribution in [0.1, 0.15) is 31.2 Å². The zero-order valence-electron chi connectivity index (χ0n) is 14.2. The fourth-order valence-electron chi connectivity index (χ4n) is 2.48. The molecule has 0 bridgehead atoms. The lowest BCUT2D eigenvalue weighted by Gasteiger charge is -2.19. The van der Waals surface area contributed by atoms with Crippen LogP contribution in [0.5, 0.6) is 5.75 Å². The summed E-state index contributed by atoms with van der Waals surface area (Å²) >= 11 is 10.2. The summed E-state index contributed by atoms with van der Waals surface area (Å²) < 4.78 is 13.1. The second-order valence-electron chi connectivity index (χ2n) is 5.66. The highest BCUT2D eigenvalue weighted by molar-refractivity contribution is 9.11. The summed E-state index contributed by atoms with van der Waals surface area (Å²) in [5.41, 5.74) is 1.40. The maximum Gasteiger partial charge on any atom is 0.308 e. The summed E-state index contributed by atoms with van der Waals surface area (Å²) in [4.78, 5) is 23.3. The third kappa shape index (κ3) is 4.41. The lowest BCUT2D eigenvalue weighted by atomic mass is 10.2. The highest BCUT2D eigenvalue weighted by atomic mass is 79.9. The Bertz CT molecular complexity index is 938. The van der Waals surface area contributed by atoms with Gasteiger partial charge in [0, 0.05) is 29.4 Å². The van der Waals surface area contributed by atoms with Crippen LogP contribution >= 0.6 is 47.8 Å². The Morgan fingerprint density at radius 1 is 1.11 bits per heavy atom. The second kappa shape index (κ2) is 8.12. The van der Waals surface area contributed by atoms with E-state index in [0.717, 1.165) is 10.0 Å². The lowest BCUT2D eigenvalue weighted by molar-refractivity contribution is -0.135. The zero-order chi connectivity index (χ0) is 19.7. The molecule has 6 nitrogen and oxygen atoms in total. The molecule has 1 atom stereocenters. The van der Waals surface area contributed by atoms with Gasteiger partial charge >= 0.3 is 5.97 Å². The summed E-state index contributed by atoms with van der Waals surface area (Å²) in [7, 11) is 0. The molecule has 1 aliphatic rings. The van der Waals surface area contributed by atoms with Crippen molar-refractivity contribution in [3.8, 4) is 5.75 Å². The van der Waals surface area contributed by atoms with Gasteiger partial charge in [0.15, 0.2) is 5.75 Å². The summed E-state index contributed by atoms with van der Waals surface area (Å²) in [6, 6.07) is 10.9. The first-order chi connectivity index (χ1) is 12.8. The summed E-state index contributed by atoms with van der Waals surface area (Å²) in [6.45, 7) is 2.75. The van der Waals surface area contributed by atoms with Crippen molar-refractivity contribution in [2.75, 3.05) is 0 Å². The van der Waals surface area contributed by atoms with Crippen molar-refractivity contribution in [3.05, 3.63) is 60.9 Å². The van der Waals surface area contributed by atoms with Gasteiger partial charge in [-0.05, 0) is 56.1 Å². The van der Waals surface area contributed by atoms with Crippen molar-refractivity contribution in [1.29, 1.82) is 0 Å². The second-order valence-corrected chi connectivity index (χ2v) is 8.28. The molecule has 1 aliphatic heterocycles. The molecule has 0 saturated heterocycles. The van der Waals surface area contributed by atoms with Gasteiger partial charge in [0.2, 0.25) is 18.0 Å². The van der Waals surface area contributed by atoms with E-state index in [1.165, 1.54) is 18.9 Å². The van der Waals surface area contributed by atoms with E-state index in [9.17, 15) is 9.59 Å². The Balaban J connectivity index is 1.97. The van der Waals surface area contributed by atoms with Gasteiger partial charge in [-0.1, -0.05) is 28.1 Å². The molecule has 1 amide bonds. The topological polar surface area (TPSA) is 68.2 Å². The first-order valence-electron chi connectivity index (χ1n) is 7.74. The van der Waals surface area contributed by atoms with E-state index in [4.69, 9.17) is 9.47 Å². The largest absolute Gasteiger partial charge is 0.446 e. The smallest absolute Gasteiger partial charge is 0.308 e. The fourth-order valence-corrected chi connectivity index (χ4v) is 4.25. The molecule has 0 aromatic heterocycles. The van der Waals surface area contributed by atoms with E-state index in [1.54, 1.807) is 12.1 Å². The molecule has 2 aromatic rings. The van der Waals surface area contributed by atoms with Crippen molar-refractivity contribution in [3.63, 3.8) is 0 Å². The Hall–Kier alpha value is -1.71. The van der Waals surface area contributed by atoms with Crippen molar-refractivity contribution in [2.45, 2.75) is 20.1 Å².